The van der Waals surface area contributed by atoms with Gasteiger partial charge in [0.05, 0.1) is 18.0 Å². The third kappa shape index (κ3) is 2.85. The molecule has 0 saturated carbocycles. The Balaban J connectivity index is 2.48. The van der Waals surface area contributed by atoms with Crippen LogP contribution in [0.15, 0.2) is 41.2 Å². The summed E-state index contributed by atoms with van der Waals surface area (Å²) in [6, 6.07) is 11.2. The molecule has 0 radical (unpaired) electrons. The van der Waals surface area contributed by atoms with Gasteiger partial charge in [-0.25, -0.2) is 0 Å². The zero-order valence-electron chi connectivity index (χ0n) is 12.1. The van der Waals surface area contributed by atoms with Crippen molar-refractivity contribution in [2.45, 2.75) is 13.8 Å². The molecule has 20 heavy (non-hydrogen) atoms. The number of aromatic nitrogens is 1. The van der Waals surface area contributed by atoms with Gasteiger partial charge in [-0.2, -0.15) is 0 Å². The molecule has 4 nitrogen and oxygen atoms in total. The third-order valence-corrected chi connectivity index (χ3v) is 3.07. The van der Waals surface area contributed by atoms with E-state index in [1.165, 1.54) is 0 Å². The zero-order chi connectivity index (χ0) is 14.7. The van der Waals surface area contributed by atoms with Gasteiger partial charge in [0, 0.05) is 12.6 Å². The molecule has 106 valence electrons. The van der Waals surface area contributed by atoms with E-state index in [4.69, 9.17) is 10.5 Å². The normalized spacial score (nSPS) is 10.8. The number of para-hydroxylation sites is 1. The number of hydrogen-bond donors (Lipinski definition) is 1. The number of rotatable bonds is 4. The lowest BCUT2D eigenvalue weighted by molar-refractivity contribution is 0.272. The maximum atomic E-state index is 11.9. The van der Waals surface area contributed by atoms with Crippen LogP contribution in [-0.2, 0) is 7.05 Å². The van der Waals surface area contributed by atoms with Crippen molar-refractivity contribution in [2.75, 3.05) is 12.3 Å². The number of nitrogens with zero attached hydrogens (tertiary/aromatic N) is 1. The molecule has 0 spiro atoms. The highest BCUT2D eigenvalue weighted by Crippen LogP contribution is 2.29. The summed E-state index contributed by atoms with van der Waals surface area (Å²) in [4.78, 5) is 11.9. The molecule has 2 rings (SSSR count). The highest BCUT2D eigenvalue weighted by atomic mass is 16.5. The summed E-state index contributed by atoms with van der Waals surface area (Å²) in [5.74, 6) is 1.22. The number of benzene rings is 1. The summed E-state index contributed by atoms with van der Waals surface area (Å²) in [5.41, 5.74) is 7.38. The van der Waals surface area contributed by atoms with E-state index in [9.17, 15) is 4.79 Å². The maximum absolute atomic E-state index is 11.9. The van der Waals surface area contributed by atoms with Crippen molar-refractivity contribution in [2.24, 2.45) is 13.0 Å². The number of hydrogen-bond acceptors (Lipinski definition) is 3. The molecule has 0 bridgehead atoms. The summed E-state index contributed by atoms with van der Waals surface area (Å²) in [7, 11) is 1.72. The van der Waals surface area contributed by atoms with Crippen LogP contribution < -0.4 is 16.0 Å². The SMILES string of the molecule is CC(C)COc1ccccc1-c1ccc(N)c(=O)n1C. The first kappa shape index (κ1) is 14.2. The number of anilines is 1. The Morgan fingerprint density at radius 3 is 2.60 bits per heavy atom. The van der Waals surface area contributed by atoms with Gasteiger partial charge in [0.25, 0.3) is 5.56 Å². The van der Waals surface area contributed by atoms with E-state index in [0.29, 0.717) is 12.5 Å². The topological polar surface area (TPSA) is 57.2 Å². The second-order valence-electron chi connectivity index (χ2n) is 5.24. The molecular weight excluding hydrogens is 252 g/mol. The van der Waals surface area contributed by atoms with Gasteiger partial charge in [-0.3, -0.25) is 4.79 Å². The van der Waals surface area contributed by atoms with Crippen molar-refractivity contribution in [1.29, 1.82) is 0 Å². The minimum absolute atomic E-state index is 0.193. The third-order valence-electron chi connectivity index (χ3n) is 3.07. The summed E-state index contributed by atoms with van der Waals surface area (Å²) >= 11 is 0. The fourth-order valence-corrected chi connectivity index (χ4v) is 1.99. The van der Waals surface area contributed by atoms with Crippen molar-refractivity contribution in [3.63, 3.8) is 0 Å². The van der Waals surface area contributed by atoms with E-state index in [2.05, 4.69) is 13.8 Å². The Morgan fingerprint density at radius 1 is 1.20 bits per heavy atom. The minimum Gasteiger partial charge on any atom is -0.493 e. The Bertz CT molecular complexity index is 660. The van der Waals surface area contributed by atoms with Crippen molar-refractivity contribution < 1.29 is 4.74 Å². The van der Waals surface area contributed by atoms with Gasteiger partial charge in [-0.15, -0.1) is 0 Å². The van der Waals surface area contributed by atoms with Crippen LogP contribution in [0.3, 0.4) is 0 Å². The average molecular weight is 272 g/mol. The number of pyridine rings is 1. The quantitative estimate of drug-likeness (QED) is 0.931. The van der Waals surface area contributed by atoms with Crippen LogP contribution in [0, 0.1) is 5.92 Å². The molecule has 0 atom stereocenters. The van der Waals surface area contributed by atoms with Crippen LogP contribution in [0.5, 0.6) is 5.75 Å². The van der Waals surface area contributed by atoms with E-state index in [1.807, 2.05) is 30.3 Å². The van der Waals surface area contributed by atoms with E-state index >= 15 is 0 Å². The molecular formula is C16H20N2O2. The molecule has 1 heterocycles. The van der Waals surface area contributed by atoms with Gasteiger partial charge in [0.15, 0.2) is 0 Å². The maximum Gasteiger partial charge on any atom is 0.273 e. The fourth-order valence-electron chi connectivity index (χ4n) is 1.99. The second kappa shape index (κ2) is 5.82. The van der Waals surface area contributed by atoms with E-state index in [0.717, 1.165) is 17.0 Å². The van der Waals surface area contributed by atoms with Gasteiger partial charge in [-0.05, 0) is 30.2 Å². The lowest BCUT2D eigenvalue weighted by Crippen LogP contribution is -2.21. The highest BCUT2D eigenvalue weighted by Gasteiger charge is 2.11. The van der Waals surface area contributed by atoms with Crippen molar-refractivity contribution in [3.05, 3.63) is 46.8 Å². The average Bonchev–Trinajstić information content (AvgIpc) is 2.43. The Hall–Kier alpha value is -2.23. The summed E-state index contributed by atoms with van der Waals surface area (Å²) in [6.45, 7) is 4.84. The van der Waals surface area contributed by atoms with Gasteiger partial charge >= 0.3 is 0 Å². The van der Waals surface area contributed by atoms with Crippen LogP contribution in [0.2, 0.25) is 0 Å². The second-order valence-corrected chi connectivity index (χ2v) is 5.24. The van der Waals surface area contributed by atoms with Crippen molar-refractivity contribution in [3.8, 4) is 17.0 Å². The van der Waals surface area contributed by atoms with E-state index in [-0.39, 0.29) is 11.2 Å². The Labute approximate surface area is 118 Å². The van der Waals surface area contributed by atoms with Gasteiger partial charge in [0.1, 0.15) is 5.75 Å². The predicted molar refractivity (Wildman–Crippen MR) is 81.9 cm³/mol. The summed E-state index contributed by atoms with van der Waals surface area (Å²) < 4.78 is 7.38. The first-order chi connectivity index (χ1) is 9.50. The molecule has 0 fully saturated rings. The van der Waals surface area contributed by atoms with Crippen LogP contribution in [0.1, 0.15) is 13.8 Å². The smallest absolute Gasteiger partial charge is 0.273 e. The van der Waals surface area contributed by atoms with Crippen molar-refractivity contribution >= 4 is 5.69 Å². The summed E-state index contributed by atoms with van der Waals surface area (Å²) in [5, 5.41) is 0. The van der Waals surface area contributed by atoms with Crippen molar-refractivity contribution in [1.82, 2.24) is 4.57 Å². The van der Waals surface area contributed by atoms with E-state index in [1.54, 1.807) is 17.7 Å². The monoisotopic (exact) mass is 272 g/mol. The molecule has 1 aromatic carbocycles. The molecule has 4 heteroatoms. The zero-order valence-corrected chi connectivity index (χ0v) is 12.1. The Kier molecular flexibility index (Phi) is 4.13. The van der Waals surface area contributed by atoms with Crippen LogP contribution in [-0.4, -0.2) is 11.2 Å². The first-order valence-corrected chi connectivity index (χ1v) is 6.68. The fraction of sp³-hybridized carbons (Fsp3) is 0.312. The molecule has 2 N–H and O–H groups in total. The lowest BCUT2D eigenvalue weighted by atomic mass is 10.1. The molecule has 1 aromatic heterocycles. The molecule has 0 saturated heterocycles. The summed E-state index contributed by atoms with van der Waals surface area (Å²) in [6.07, 6.45) is 0. The van der Waals surface area contributed by atoms with Gasteiger partial charge in [-0.1, -0.05) is 26.0 Å². The van der Waals surface area contributed by atoms with Gasteiger partial charge < -0.3 is 15.0 Å². The van der Waals surface area contributed by atoms with Gasteiger partial charge in [0.2, 0.25) is 0 Å². The predicted octanol–water partition coefficient (Wildman–Crippen LogP) is 2.67. The number of nitrogen functional groups attached to an aromatic ring is 1. The van der Waals surface area contributed by atoms with Crippen LogP contribution >= 0.6 is 0 Å². The standard InChI is InChI=1S/C16H20N2O2/c1-11(2)10-20-15-7-5-4-6-12(15)14-9-8-13(17)16(19)18(14)3/h4-9,11H,10,17H2,1-3H3. The first-order valence-electron chi connectivity index (χ1n) is 6.68. The lowest BCUT2D eigenvalue weighted by Gasteiger charge is -2.15. The molecule has 0 unspecified atom stereocenters. The molecule has 0 aliphatic carbocycles. The molecule has 0 aliphatic rings. The van der Waals surface area contributed by atoms with Crippen LogP contribution in [0.4, 0.5) is 5.69 Å². The Morgan fingerprint density at radius 2 is 1.90 bits per heavy atom. The van der Waals surface area contributed by atoms with Crippen LogP contribution in [0.25, 0.3) is 11.3 Å². The molecule has 0 amide bonds. The molecule has 2 aromatic rings. The number of nitrogens with two attached hydrogens (primary N) is 1. The minimum atomic E-state index is -0.193. The van der Waals surface area contributed by atoms with E-state index < -0.39 is 0 Å². The highest BCUT2D eigenvalue weighted by molar-refractivity contribution is 5.68. The number of ether oxygens (including phenoxy) is 1. The molecule has 0 aliphatic heterocycles. The largest absolute Gasteiger partial charge is 0.493 e.